The lowest BCUT2D eigenvalue weighted by Gasteiger charge is -2.40. The van der Waals surface area contributed by atoms with E-state index in [-0.39, 0.29) is 5.97 Å². The number of ether oxygens (including phenoxy) is 1. The summed E-state index contributed by atoms with van der Waals surface area (Å²) in [6.45, 7) is 9.44. The van der Waals surface area contributed by atoms with Gasteiger partial charge in [-0.05, 0) is 47.8 Å². The molecule has 1 saturated carbocycles. The van der Waals surface area contributed by atoms with E-state index in [1.807, 2.05) is 12.1 Å². The van der Waals surface area contributed by atoms with E-state index in [0.717, 1.165) is 6.54 Å². The second-order valence-corrected chi connectivity index (χ2v) is 8.31. The van der Waals surface area contributed by atoms with Gasteiger partial charge >= 0.3 is 5.97 Å². The molecule has 0 N–H and O–H groups in total. The van der Waals surface area contributed by atoms with E-state index >= 15 is 0 Å². The van der Waals surface area contributed by atoms with E-state index in [1.165, 1.54) is 38.5 Å². The maximum absolute atomic E-state index is 11.5. The Kier molecular flexibility index (Phi) is 3.80. The van der Waals surface area contributed by atoms with E-state index in [9.17, 15) is 4.79 Å². The van der Waals surface area contributed by atoms with Crippen molar-refractivity contribution in [3.63, 3.8) is 0 Å². The molecule has 0 radical (unpaired) electrons. The highest BCUT2D eigenvalue weighted by molar-refractivity contribution is 5.89. The van der Waals surface area contributed by atoms with E-state index < -0.39 is 0 Å². The van der Waals surface area contributed by atoms with Gasteiger partial charge in [0.05, 0.1) is 12.7 Å². The molecule has 0 spiro atoms. The minimum Gasteiger partial charge on any atom is -0.465 e. The highest BCUT2D eigenvalue weighted by atomic mass is 16.5. The zero-order chi connectivity index (χ0) is 16.0. The van der Waals surface area contributed by atoms with Crippen LogP contribution in [0.4, 0.5) is 0 Å². The molecular formula is C19H27NO2. The molecule has 1 aliphatic carbocycles. The van der Waals surface area contributed by atoms with Crippen LogP contribution in [-0.4, -0.2) is 30.6 Å². The van der Waals surface area contributed by atoms with Gasteiger partial charge in [-0.2, -0.15) is 0 Å². The summed E-state index contributed by atoms with van der Waals surface area (Å²) in [6, 6.07) is 8.56. The molecule has 1 aliphatic heterocycles. The monoisotopic (exact) mass is 301 g/mol. The Morgan fingerprint density at radius 2 is 1.91 bits per heavy atom. The summed E-state index contributed by atoms with van der Waals surface area (Å²) in [6.07, 6.45) is 3.95. The van der Waals surface area contributed by atoms with Gasteiger partial charge in [-0.3, -0.25) is 4.90 Å². The van der Waals surface area contributed by atoms with Gasteiger partial charge < -0.3 is 4.74 Å². The number of carbonyl (C=O) groups excluding carboxylic acids is 1. The maximum Gasteiger partial charge on any atom is 0.337 e. The Labute approximate surface area is 133 Å². The minimum absolute atomic E-state index is 0.266. The highest BCUT2D eigenvalue weighted by Crippen LogP contribution is 2.52. The normalized spacial score (nSPS) is 30.3. The van der Waals surface area contributed by atoms with Crippen molar-refractivity contribution in [3.05, 3.63) is 35.4 Å². The molecule has 3 nitrogen and oxygen atoms in total. The van der Waals surface area contributed by atoms with Crippen molar-refractivity contribution in [1.82, 2.24) is 4.90 Å². The molecule has 1 aromatic rings. The standard InChI is InChI=1S/C19H27NO2/c1-18(2)9-16-10-19(3,12-18)13-20(16)11-14-5-7-15(8-6-14)17(21)22-4/h5-8,16H,9-13H2,1-4H3. The van der Waals surface area contributed by atoms with Gasteiger partial charge in [-0.15, -0.1) is 0 Å². The first-order valence-corrected chi connectivity index (χ1v) is 8.22. The second-order valence-electron chi connectivity index (χ2n) is 8.31. The average Bonchev–Trinajstić information content (AvgIpc) is 2.67. The van der Waals surface area contributed by atoms with E-state index in [4.69, 9.17) is 4.74 Å². The number of likely N-dealkylation sites (tertiary alicyclic amines) is 1. The second kappa shape index (κ2) is 5.38. The highest BCUT2D eigenvalue weighted by Gasteiger charge is 2.49. The quantitative estimate of drug-likeness (QED) is 0.794. The van der Waals surface area contributed by atoms with Crippen molar-refractivity contribution in [2.75, 3.05) is 13.7 Å². The molecule has 2 unspecified atom stereocenters. The predicted molar refractivity (Wildman–Crippen MR) is 87.7 cm³/mol. The summed E-state index contributed by atoms with van der Waals surface area (Å²) in [7, 11) is 1.42. The molecule has 120 valence electrons. The first-order valence-electron chi connectivity index (χ1n) is 8.22. The molecule has 2 aliphatic rings. The third-order valence-electron chi connectivity index (χ3n) is 5.28. The molecule has 1 aromatic carbocycles. The predicted octanol–water partition coefficient (Wildman–Crippen LogP) is 3.87. The number of hydrogen-bond donors (Lipinski definition) is 0. The van der Waals surface area contributed by atoms with Gasteiger partial charge in [0.15, 0.2) is 0 Å². The Morgan fingerprint density at radius 1 is 1.23 bits per heavy atom. The summed E-state index contributed by atoms with van der Waals surface area (Å²) >= 11 is 0. The largest absolute Gasteiger partial charge is 0.465 e. The number of esters is 1. The fraction of sp³-hybridized carbons (Fsp3) is 0.632. The van der Waals surface area contributed by atoms with Crippen molar-refractivity contribution < 1.29 is 9.53 Å². The summed E-state index contributed by atoms with van der Waals surface area (Å²) in [5.41, 5.74) is 2.83. The van der Waals surface area contributed by atoms with Crippen LogP contribution >= 0.6 is 0 Å². The van der Waals surface area contributed by atoms with Gasteiger partial charge in [-0.25, -0.2) is 4.79 Å². The van der Waals surface area contributed by atoms with Crippen LogP contribution in [0.15, 0.2) is 24.3 Å². The number of fused-ring (bicyclic) bond motifs is 2. The molecule has 3 heteroatoms. The van der Waals surface area contributed by atoms with Crippen LogP contribution in [0.5, 0.6) is 0 Å². The van der Waals surface area contributed by atoms with Gasteiger partial charge in [0.25, 0.3) is 0 Å². The Balaban J connectivity index is 1.70. The van der Waals surface area contributed by atoms with E-state index in [2.05, 4.69) is 37.8 Å². The topological polar surface area (TPSA) is 29.5 Å². The lowest BCUT2D eigenvalue weighted by Crippen LogP contribution is -2.34. The molecule has 22 heavy (non-hydrogen) atoms. The first kappa shape index (κ1) is 15.5. The van der Waals surface area contributed by atoms with Crippen molar-refractivity contribution in [1.29, 1.82) is 0 Å². The lowest BCUT2D eigenvalue weighted by atomic mass is 9.65. The molecule has 1 heterocycles. The van der Waals surface area contributed by atoms with Gasteiger partial charge in [0.2, 0.25) is 0 Å². The number of rotatable bonds is 3. The molecule has 2 fully saturated rings. The van der Waals surface area contributed by atoms with Crippen LogP contribution in [-0.2, 0) is 11.3 Å². The van der Waals surface area contributed by atoms with Crippen molar-refractivity contribution >= 4 is 5.97 Å². The van der Waals surface area contributed by atoms with Crippen LogP contribution in [0, 0.1) is 10.8 Å². The number of carbonyl (C=O) groups is 1. The SMILES string of the molecule is COC(=O)c1ccc(CN2CC3(C)CC2CC(C)(C)C3)cc1. The van der Waals surface area contributed by atoms with Crippen LogP contribution in [0.2, 0.25) is 0 Å². The number of hydrogen-bond acceptors (Lipinski definition) is 3. The lowest BCUT2D eigenvalue weighted by molar-refractivity contribution is 0.0600. The van der Waals surface area contributed by atoms with Crippen LogP contribution < -0.4 is 0 Å². The molecular weight excluding hydrogens is 274 g/mol. The first-order chi connectivity index (χ1) is 10.3. The van der Waals surface area contributed by atoms with Crippen LogP contribution in [0.1, 0.15) is 56.0 Å². The van der Waals surface area contributed by atoms with Crippen LogP contribution in [0.25, 0.3) is 0 Å². The molecule has 3 rings (SSSR count). The van der Waals surface area contributed by atoms with Gasteiger partial charge in [-0.1, -0.05) is 32.9 Å². The Hall–Kier alpha value is -1.35. The fourth-order valence-corrected chi connectivity index (χ4v) is 4.86. The number of methoxy groups -OCH3 is 1. The molecule has 2 bridgehead atoms. The molecule has 2 atom stereocenters. The van der Waals surface area contributed by atoms with Gasteiger partial charge in [0, 0.05) is 19.1 Å². The van der Waals surface area contributed by atoms with Gasteiger partial charge in [0.1, 0.15) is 0 Å². The zero-order valence-corrected chi connectivity index (χ0v) is 14.2. The van der Waals surface area contributed by atoms with Crippen molar-refractivity contribution in [2.45, 2.75) is 52.6 Å². The smallest absolute Gasteiger partial charge is 0.337 e. The Morgan fingerprint density at radius 3 is 2.55 bits per heavy atom. The maximum atomic E-state index is 11.5. The summed E-state index contributed by atoms with van der Waals surface area (Å²) in [4.78, 5) is 14.1. The minimum atomic E-state index is -0.266. The van der Waals surface area contributed by atoms with E-state index in [1.54, 1.807) is 0 Å². The number of nitrogens with zero attached hydrogens (tertiary/aromatic N) is 1. The van der Waals surface area contributed by atoms with E-state index in [0.29, 0.717) is 22.4 Å². The molecule has 0 amide bonds. The number of benzene rings is 1. The van der Waals surface area contributed by atoms with Crippen molar-refractivity contribution in [3.8, 4) is 0 Å². The third kappa shape index (κ3) is 3.05. The summed E-state index contributed by atoms with van der Waals surface area (Å²) in [5, 5.41) is 0. The summed E-state index contributed by atoms with van der Waals surface area (Å²) < 4.78 is 4.75. The average molecular weight is 301 g/mol. The summed E-state index contributed by atoms with van der Waals surface area (Å²) in [5.74, 6) is -0.266. The fourth-order valence-electron chi connectivity index (χ4n) is 4.86. The third-order valence-corrected chi connectivity index (χ3v) is 5.28. The molecule has 0 aromatic heterocycles. The van der Waals surface area contributed by atoms with Crippen molar-refractivity contribution in [2.24, 2.45) is 10.8 Å². The Bertz CT molecular complexity index is 563. The zero-order valence-electron chi connectivity index (χ0n) is 14.2. The van der Waals surface area contributed by atoms with Crippen LogP contribution in [0.3, 0.4) is 0 Å². The molecule has 1 saturated heterocycles.